The fourth-order valence-corrected chi connectivity index (χ4v) is 3.20. The number of benzene rings is 2. The lowest BCUT2D eigenvalue weighted by atomic mass is 9.89. The van der Waals surface area contributed by atoms with Gasteiger partial charge in [-0.3, -0.25) is 4.79 Å². The number of piperidine rings is 1. The molecule has 0 unspecified atom stereocenters. The molecule has 3 rings (SSSR count). The topological polar surface area (TPSA) is 72.8 Å². The van der Waals surface area contributed by atoms with Gasteiger partial charge < -0.3 is 20.4 Å². The molecule has 2 aromatic carbocycles. The molecule has 138 valence electrons. The first-order chi connectivity index (χ1) is 12.5. The molecule has 2 atom stereocenters. The van der Waals surface area contributed by atoms with Gasteiger partial charge in [0, 0.05) is 25.2 Å². The number of β-amino-alcohol motifs (C(OH)–C–C–N with tert-alkyl or cyclic N) is 1. The maximum atomic E-state index is 12.9. The summed E-state index contributed by atoms with van der Waals surface area (Å²) in [5.41, 5.74) is 0.00550. The standard InChI is InChI=1S/C20H23FN2O3/c21-17-8-6-15(7-9-17)12-22-13-20(26)14-23(11-10-18(20)24)19(25)16-4-2-1-3-5-16/h1-9,18,22,24,26H,10-14H2/t18-,20+/m0/s1. The van der Waals surface area contributed by atoms with Gasteiger partial charge in [-0.2, -0.15) is 0 Å². The molecule has 0 spiro atoms. The molecular formula is C20H23FN2O3. The molecule has 1 aliphatic heterocycles. The van der Waals surface area contributed by atoms with Crippen LogP contribution in [0.5, 0.6) is 0 Å². The van der Waals surface area contributed by atoms with E-state index in [2.05, 4.69) is 5.32 Å². The number of carbonyl (C=O) groups is 1. The average molecular weight is 358 g/mol. The molecule has 0 bridgehead atoms. The Morgan fingerprint density at radius 3 is 2.58 bits per heavy atom. The van der Waals surface area contributed by atoms with Gasteiger partial charge in [0.25, 0.3) is 5.91 Å². The van der Waals surface area contributed by atoms with Gasteiger partial charge in [0.2, 0.25) is 0 Å². The van der Waals surface area contributed by atoms with Crippen molar-refractivity contribution in [1.29, 1.82) is 0 Å². The van der Waals surface area contributed by atoms with Crippen molar-refractivity contribution in [3.63, 3.8) is 0 Å². The summed E-state index contributed by atoms with van der Waals surface area (Å²) in [4.78, 5) is 14.2. The lowest BCUT2D eigenvalue weighted by Gasteiger charge is -2.42. The van der Waals surface area contributed by atoms with Gasteiger partial charge in [-0.05, 0) is 36.2 Å². The number of aliphatic hydroxyl groups excluding tert-OH is 1. The zero-order valence-corrected chi connectivity index (χ0v) is 14.4. The molecule has 1 aliphatic rings. The molecule has 2 aromatic rings. The third-order valence-corrected chi connectivity index (χ3v) is 4.74. The summed E-state index contributed by atoms with van der Waals surface area (Å²) in [5, 5.41) is 24.2. The predicted molar refractivity (Wildman–Crippen MR) is 96.0 cm³/mol. The van der Waals surface area contributed by atoms with E-state index in [9.17, 15) is 19.4 Å². The van der Waals surface area contributed by atoms with E-state index < -0.39 is 11.7 Å². The number of nitrogens with zero attached hydrogens (tertiary/aromatic N) is 1. The maximum Gasteiger partial charge on any atom is 0.253 e. The largest absolute Gasteiger partial charge is 0.390 e. The zero-order valence-electron chi connectivity index (χ0n) is 14.4. The number of rotatable bonds is 5. The van der Waals surface area contributed by atoms with Crippen molar-refractivity contribution < 1.29 is 19.4 Å². The Hall–Kier alpha value is -2.28. The first-order valence-electron chi connectivity index (χ1n) is 8.68. The Kier molecular flexibility index (Phi) is 5.66. The van der Waals surface area contributed by atoms with Gasteiger partial charge in [-0.25, -0.2) is 4.39 Å². The Balaban J connectivity index is 1.61. The quantitative estimate of drug-likeness (QED) is 0.758. The first kappa shape index (κ1) is 18.5. The van der Waals surface area contributed by atoms with Crippen LogP contribution in [0.15, 0.2) is 54.6 Å². The molecule has 26 heavy (non-hydrogen) atoms. The third-order valence-electron chi connectivity index (χ3n) is 4.74. The maximum absolute atomic E-state index is 12.9. The number of aliphatic hydroxyl groups is 2. The average Bonchev–Trinajstić information content (AvgIpc) is 2.66. The van der Waals surface area contributed by atoms with Gasteiger partial charge in [-0.15, -0.1) is 0 Å². The SMILES string of the molecule is O=C(c1ccccc1)N1CC[C@H](O)[C@@](O)(CNCc2ccc(F)cc2)C1. The van der Waals surface area contributed by atoms with Gasteiger partial charge >= 0.3 is 0 Å². The van der Waals surface area contributed by atoms with E-state index >= 15 is 0 Å². The van der Waals surface area contributed by atoms with E-state index in [1.165, 1.54) is 12.1 Å². The molecule has 0 saturated carbocycles. The van der Waals surface area contributed by atoms with E-state index in [1.807, 2.05) is 6.07 Å². The fraction of sp³-hybridized carbons (Fsp3) is 0.350. The van der Waals surface area contributed by atoms with Crippen LogP contribution in [-0.4, -0.2) is 52.4 Å². The molecule has 0 aromatic heterocycles. The number of halogens is 1. The highest BCUT2D eigenvalue weighted by molar-refractivity contribution is 5.94. The zero-order chi connectivity index (χ0) is 18.6. The summed E-state index contributed by atoms with van der Waals surface area (Å²) in [6.45, 7) is 1.01. The van der Waals surface area contributed by atoms with E-state index in [1.54, 1.807) is 41.3 Å². The Morgan fingerprint density at radius 2 is 1.88 bits per heavy atom. The van der Waals surface area contributed by atoms with Crippen LogP contribution in [0.2, 0.25) is 0 Å². The number of likely N-dealkylation sites (tertiary alicyclic amines) is 1. The van der Waals surface area contributed by atoms with Crippen LogP contribution in [0, 0.1) is 5.82 Å². The highest BCUT2D eigenvalue weighted by atomic mass is 19.1. The van der Waals surface area contributed by atoms with Crippen LogP contribution in [0.4, 0.5) is 4.39 Å². The van der Waals surface area contributed by atoms with Crippen molar-refractivity contribution in [2.24, 2.45) is 0 Å². The summed E-state index contributed by atoms with van der Waals surface area (Å²) < 4.78 is 12.9. The second-order valence-electron chi connectivity index (χ2n) is 6.73. The Labute approximate surface area is 152 Å². The van der Waals surface area contributed by atoms with Crippen LogP contribution >= 0.6 is 0 Å². The van der Waals surface area contributed by atoms with Crippen molar-refractivity contribution in [3.05, 3.63) is 71.5 Å². The molecule has 1 heterocycles. The Bertz CT molecular complexity index is 738. The molecule has 0 aliphatic carbocycles. The number of carbonyl (C=O) groups excluding carboxylic acids is 1. The second kappa shape index (κ2) is 7.95. The summed E-state index contributed by atoms with van der Waals surface area (Å²) in [7, 11) is 0. The number of amides is 1. The van der Waals surface area contributed by atoms with E-state index in [0.29, 0.717) is 25.1 Å². The van der Waals surface area contributed by atoms with Crippen LogP contribution in [-0.2, 0) is 6.54 Å². The molecule has 0 radical (unpaired) electrons. The third kappa shape index (κ3) is 4.27. The molecule has 1 amide bonds. The van der Waals surface area contributed by atoms with E-state index in [0.717, 1.165) is 5.56 Å². The monoisotopic (exact) mass is 358 g/mol. The lowest BCUT2D eigenvalue weighted by molar-refractivity contribution is -0.111. The van der Waals surface area contributed by atoms with Crippen LogP contribution < -0.4 is 5.32 Å². The van der Waals surface area contributed by atoms with Gasteiger partial charge in [0.15, 0.2) is 0 Å². The summed E-state index contributed by atoms with van der Waals surface area (Å²) in [6.07, 6.45) is -0.601. The van der Waals surface area contributed by atoms with Gasteiger partial charge in [-0.1, -0.05) is 30.3 Å². The molecule has 3 N–H and O–H groups in total. The molecule has 1 fully saturated rings. The fourth-order valence-electron chi connectivity index (χ4n) is 3.20. The normalized spacial score (nSPS) is 23.0. The number of hydrogen-bond donors (Lipinski definition) is 3. The highest BCUT2D eigenvalue weighted by Gasteiger charge is 2.42. The smallest absolute Gasteiger partial charge is 0.253 e. The van der Waals surface area contributed by atoms with Crippen molar-refractivity contribution in [2.75, 3.05) is 19.6 Å². The van der Waals surface area contributed by atoms with Crippen LogP contribution in [0.3, 0.4) is 0 Å². The Morgan fingerprint density at radius 1 is 1.19 bits per heavy atom. The second-order valence-corrected chi connectivity index (χ2v) is 6.73. The van der Waals surface area contributed by atoms with Crippen molar-refractivity contribution >= 4 is 5.91 Å². The predicted octanol–water partition coefficient (Wildman–Crippen LogP) is 1.55. The number of nitrogens with one attached hydrogen (secondary N) is 1. The van der Waals surface area contributed by atoms with E-state index in [-0.39, 0.29) is 24.8 Å². The van der Waals surface area contributed by atoms with Gasteiger partial charge in [0.05, 0.1) is 12.6 Å². The van der Waals surface area contributed by atoms with Crippen LogP contribution in [0.25, 0.3) is 0 Å². The number of hydrogen-bond acceptors (Lipinski definition) is 4. The van der Waals surface area contributed by atoms with Crippen LogP contribution in [0.1, 0.15) is 22.3 Å². The van der Waals surface area contributed by atoms with E-state index in [4.69, 9.17) is 0 Å². The summed E-state index contributed by atoms with van der Waals surface area (Å²) in [5.74, 6) is -0.459. The minimum absolute atomic E-state index is 0.0539. The van der Waals surface area contributed by atoms with Crippen molar-refractivity contribution in [1.82, 2.24) is 10.2 Å². The van der Waals surface area contributed by atoms with Crippen molar-refractivity contribution in [2.45, 2.75) is 24.7 Å². The summed E-state index contributed by atoms with van der Waals surface area (Å²) in [6, 6.07) is 15.0. The summed E-state index contributed by atoms with van der Waals surface area (Å²) >= 11 is 0. The molecule has 6 heteroatoms. The minimum Gasteiger partial charge on any atom is -0.390 e. The lowest BCUT2D eigenvalue weighted by Crippen LogP contribution is -2.62. The van der Waals surface area contributed by atoms with Crippen molar-refractivity contribution in [3.8, 4) is 0 Å². The highest BCUT2D eigenvalue weighted by Crippen LogP contribution is 2.23. The molecule has 5 nitrogen and oxygen atoms in total. The minimum atomic E-state index is -1.43. The molecule has 1 saturated heterocycles. The first-order valence-corrected chi connectivity index (χ1v) is 8.68. The molecular weight excluding hydrogens is 335 g/mol. The van der Waals surface area contributed by atoms with Gasteiger partial charge in [0.1, 0.15) is 11.4 Å².